The van der Waals surface area contributed by atoms with Crippen LogP contribution in [0.15, 0.2) is 27.4 Å². The number of aromatic nitrogens is 1. The van der Waals surface area contributed by atoms with Crippen LogP contribution in [0.2, 0.25) is 0 Å². The number of carbonyl (C=O) groups is 1. The molecule has 2 rings (SSSR count). The van der Waals surface area contributed by atoms with Gasteiger partial charge in [0, 0.05) is 25.2 Å². The number of H-pyrrole nitrogens is 1. The van der Waals surface area contributed by atoms with Crippen LogP contribution < -0.4 is 10.7 Å². The molecule has 0 aliphatic heterocycles. The fourth-order valence-electron chi connectivity index (χ4n) is 1.55. The molecule has 1 heterocycles. The zero-order chi connectivity index (χ0) is 12.4. The third-order valence-electron chi connectivity index (χ3n) is 2.49. The fourth-order valence-corrected chi connectivity index (χ4v) is 1.74. The molecular weight excluding hydrogens is 240 g/mol. The lowest BCUT2D eigenvalue weighted by Gasteiger charge is -2.16. The summed E-state index contributed by atoms with van der Waals surface area (Å²) >= 11 is 4.02. The summed E-state index contributed by atoms with van der Waals surface area (Å²) in [4.78, 5) is 26.7. The van der Waals surface area contributed by atoms with Gasteiger partial charge in [0.1, 0.15) is 0 Å². The van der Waals surface area contributed by atoms with E-state index in [-0.39, 0.29) is 5.91 Å². The maximum atomic E-state index is 11.7. The molecule has 1 aromatic carbocycles. The Morgan fingerprint density at radius 1 is 1.53 bits per heavy atom. The molecule has 2 aromatic rings. The summed E-state index contributed by atoms with van der Waals surface area (Å²) in [5.74, 6) is -0.0243. The molecule has 0 spiro atoms. The molecular formula is C11H12N2O3S. The predicted octanol–water partition coefficient (Wildman–Crippen LogP) is 1.40. The molecule has 0 fully saturated rings. The third-order valence-corrected chi connectivity index (χ3v) is 2.72. The summed E-state index contributed by atoms with van der Waals surface area (Å²) in [6, 6.07) is 5.12. The first kappa shape index (κ1) is 11.8. The number of thiol groups is 1. The number of hydrogen-bond acceptors (Lipinski definition) is 4. The highest BCUT2D eigenvalue weighted by atomic mass is 32.1. The minimum absolute atomic E-state index is 0.0303. The van der Waals surface area contributed by atoms with E-state index in [1.807, 2.05) is 0 Å². The molecule has 0 aliphatic carbocycles. The van der Waals surface area contributed by atoms with E-state index in [1.54, 1.807) is 25.2 Å². The molecule has 0 saturated carbocycles. The topological polar surface area (TPSA) is 66.3 Å². The summed E-state index contributed by atoms with van der Waals surface area (Å²) in [6.45, 7) is 0. The second-order valence-corrected chi connectivity index (χ2v) is 4.07. The van der Waals surface area contributed by atoms with E-state index >= 15 is 0 Å². The fraction of sp³-hybridized carbons (Fsp3) is 0.273. The summed E-state index contributed by atoms with van der Waals surface area (Å²) in [6.07, 6.45) is 0.370. The van der Waals surface area contributed by atoms with Crippen molar-refractivity contribution in [3.05, 3.63) is 28.7 Å². The molecule has 0 atom stereocenters. The van der Waals surface area contributed by atoms with E-state index in [0.717, 1.165) is 0 Å². The van der Waals surface area contributed by atoms with Gasteiger partial charge in [0.25, 0.3) is 0 Å². The van der Waals surface area contributed by atoms with Crippen LogP contribution >= 0.6 is 12.6 Å². The third kappa shape index (κ3) is 2.36. The Morgan fingerprint density at radius 3 is 3.00 bits per heavy atom. The van der Waals surface area contributed by atoms with Crippen molar-refractivity contribution >= 4 is 35.3 Å². The standard InChI is InChI=1S/C11H12N2O3S/c1-13(10(14)4-5-17)7-2-3-8-9(6-7)16-11(15)12-8/h2-3,6,17H,4-5H2,1H3,(H,12,15). The lowest BCUT2D eigenvalue weighted by molar-refractivity contribution is -0.117. The molecule has 0 saturated heterocycles. The number of benzene rings is 1. The average molecular weight is 252 g/mol. The zero-order valence-corrected chi connectivity index (χ0v) is 10.2. The second-order valence-electron chi connectivity index (χ2n) is 3.62. The molecule has 1 amide bonds. The molecule has 0 radical (unpaired) electrons. The molecule has 17 heavy (non-hydrogen) atoms. The number of hydrogen-bond donors (Lipinski definition) is 2. The Hall–Kier alpha value is -1.69. The normalized spacial score (nSPS) is 10.7. The van der Waals surface area contributed by atoms with Gasteiger partial charge >= 0.3 is 5.76 Å². The number of nitrogens with zero attached hydrogens (tertiary/aromatic N) is 1. The SMILES string of the molecule is CN(C(=O)CCS)c1ccc2[nH]c(=O)oc2c1. The van der Waals surface area contributed by atoms with Crippen molar-refractivity contribution in [2.75, 3.05) is 17.7 Å². The van der Waals surface area contributed by atoms with E-state index in [1.165, 1.54) is 4.90 Å². The number of anilines is 1. The first-order valence-corrected chi connectivity index (χ1v) is 5.75. The van der Waals surface area contributed by atoms with Gasteiger partial charge in [-0.15, -0.1) is 0 Å². The highest BCUT2D eigenvalue weighted by Crippen LogP contribution is 2.19. The van der Waals surface area contributed by atoms with Crippen molar-refractivity contribution in [1.29, 1.82) is 0 Å². The van der Waals surface area contributed by atoms with Gasteiger partial charge < -0.3 is 9.32 Å². The number of nitrogens with one attached hydrogen (secondary N) is 1. The Morgan fingerprint density at radius 2 is 2.29 bits per heavy atom. The number of rotatable bonds is 3. The van der Waals surface area contributed by atoms with E-state index in [0.29, 0.717) is 29.0 Å². The molecule has 0 bridgehead atoms. The quantitative estimate of drug-likeness (QED) is 0.811. The van der Waals surface area contributed by atoms with Crippen LogP contribution in [0, 0.1) is 0 Å². The maximum Gasteiger partial charge on any atom is 0.417 e. The summed E-state index contributed by atoms with van der Waals surface area (Å²) in [5.41, 5.74) is 1.75. The summed E-state index contributed by atoms with van der Waals surface area (Å²) in [7, 11) is 1.68. The van der Waals surface area contributed by atoms with Gasteiger partial charge in [-0.3, -0.25) is 9.78 Å². The predicted molar refractivity (Wildman–Crippen MR) is 68.7 cm³/mol. The largest absolute Gasteiger partial charge is 0.417 e. The summed E-state index contributed by atoms with van der Waals surface area (Å²) < 4.78 is 4.93. The van der Waals surface area contributed by atoms with Crippen LogP contribution in [0.4, 0.5) is 5.69 Å². The molecule has 1 N–H and O–H groups in total. The van der Waals surface area contributed by atoms with Crippen molar-refractivity contribution in [2.45, 2.75) is 6.42 Å². The maximum absolute atomic E-state index is 11.7. The van der Waals surface area contributed by atoms with E-state index in [2.05, 4.69) is 17.6 Å². The number of amides is 1. The lowest BCUT2D eigenvalue weighted by Crippen LogP contribution is -2.26. The van der Waals surface area contributed by atoms with Gasteiger partial charge in [0.05, 0.1) is 5.52 Å². The first-order valence-electron chi connectivity index (χ1n) is 5.12. The minimum Gasteiger partial charge on any atom is -0.408 e. The highest BCUT2D eigenvalue weighted by molar-refractivity contribution is 7.80. The van der Waals surface area contributed by atoms with E-state index in [9.17, 15) is 9.59 Å². The minimum atomic E-state index is -0.499. The Balaban J connectivity index is 2.35. The van der Waals surface area contributed by atoms with Crippen molar-refractivity contribution < 1.29 is 9.21 Å². The van der Waals surface area contributed by atoms with Gasteiger partial charge in [0.15, 0.2) is 5.58 Å². The molecule has 6 heteroatoms. The van der Waals surface area contributed by atoms with Crippen molar-refractivity contribution in [1.82, 2.24) is 4.98 Å². The molecule has 0 unspecified atom stereocenters. The molecule has 1 aromatic heterocycles. The Kier molecular flexibility index (Phi) is 3.23. The molecule has 0 aliphatic rings. The number of aromatic amines is 1. The van der Waals surface area contributed by atoms with Gasteiger partial charge in [-0.1, -0.05) is 0 Å². The zero-order valence-electron chi connectivity index (χ0n) is 9.27. The van der Waals surface area contributed by atoms with Crippen LogP contribution in [-0.2, 0) is 4.79 Å². The Bertz CT molecular complexity index is 602. The number of oxazole rings is 1. The van der Waals surface area contributed by atoms with E-state index < -0.39 is 5.76 Å². The van der Waals surface area contributed by atoms with Crippen LogP contribution in [0.3, 0.4) is 0 Å². The smallest absolute Gasteiger partial charge is 0.408 e. The van der Waals surface area contributed by atoms with Crippen LogP contribution in [0.5, 0.6) is 0 Å². The van der Waals surface area contributed by atoms with Crippen molar-refractivity contribution in [2.24, 2.45) is 0 Å². The van der Waals surface area contributed by atoms with Gasteiger partial charge in [0.2, 0.25) is 5.91 Å². The van der Waals surface area contributed by atoms with E-state index in [4.69, 9.17) is 4.42 Å². The first-order chi connectivity index (χ1) is 8.11. The van der Waals surface area contributed by atoms with Crippen molar-refractivity contribution in [3.63, 3.8) is 0 Å². The number of carbonyl (C=O) groups excluding carboxylic acids is 1. The van der Waals surface area contributed by atoms with Crippen LogP contribution in [0.1, 0.15) is 6.42 Å². The molecule has 90 valence electrons. The Labute approximate surface area is 103 Å². The monoisotopic (exact) mass is 252 g/mol. The molecule has 5 nitrogen and oxygen atoms in total. The number of fused-ring (bicyclic) bond motifs is 1. The second kappa shape index (κ2) is 4.67. The summed E-state index contributed by atoms with van der Waals surface area (Å²) in [5, 5.41) is 0. The van der Waals surface area contributed by atoms with Gasteiger partial charge in [-0.2, -0.15) is 12.6 Å². The van der Waals surface area contributed by atoms with Gasteiger partial charge in [-0.05, 0) is 17.9 Å². The van der Waals surface area contributed by atoms with Gasteiger partial charge in [-0.25, -0.2) is 4.79 Å². The average Bonchev–Trinajstić information content (AvgIpc) is 2.67. The lowest BCUT2D eigenvalue weighted by atomic mass is 10.2. The van der Waals surface area contributed by atoms with Crippen LogP contribution in [-0.4, -0.2) is 23.7 Å². The van der Waals surface area contributed by atoms with Crippen molar-refractivity contribution in [3.8, 4) is 0 Å². The highest BCUT2D eigenvalue weighted by Gasteiger charge is 2.11. The van der Waals surface area contributed by atoms with Crippen LogP contribution in [0.25, 0.3) is 11.1 Å².